The van der Waals surface area contributed by atoms with E-state index in [0.717, 1.165) is 5.69 Å². The van der Waals surface area contributed by atoms with E-state index in [1.54, 1.807) is 24.4 Å². The van der Waals surface area contributed by atoms with E-state index in [1.807, 2.05) is 5.43 Å². The largest absolute Gasteiger partial charge is 0.358 e. The van der Waals surface area contributed by atoms with Gasteiger partial charge in [-0.3, -0.25) is 19.9 Å². The summed E-state index contributed by atoms with van der Waals surface area (Å²) in [7, 11) is 3.39. The van der Waals surface area contributed by atoms with Gasteiger partial charge in [-0.05, 0) is 7.05 Å². The number of amides is 2. The number of thiazole rings is 1. The van der Waals surface area contributed by atoms with Crippen LogP contribution in [0.25, 0.3) is 0 Å². The number of aromatic nitrogens is 1. The number of nitrogens with zero attached hydrogens (tertiary/aromatic N) is 2. The molecule has 0 bridgehead atoms. The summed E-state index contributed by atoms with van der Waals surface area (Å²) in [5.41, 5.74) is 2.76. The SMILES string of the molecule is CNC(=O)CN(C)Cc1csc(C(=O)NN)n1. The molecule has 0 aliphatic rings. The van der Waals surface area contributed by atoms with Crippen LogP contribution in [0.4, 0.5) is 0 Å². The van der Waals surface area contributed by atoms with Gasteiger partial charge in [-0.1, -0.05) is 0 Å². The van der Waals surface area contributed by atoms with E-state index >= 15 is 0 Å². The Balaban J connectivity index is 2.54. The normalized spacial score (nSPS) is 10.4. The van der Waals surface area contributed by atoms with E-state index in [0.29, 0.717) is 11.6 Å². The van der Waals surface area contributed by atoms with Crippen LogP contribution in [0.1, 0.15) is 15.5 Å². The first kappa shape index (κ1) is 13.6. The average molecular weight is 257 g/mol. The number of hydrogen-bond acceptors (Lipinski definition) is 6. The Bertz CT molecular complexity index is 406. The van der Waals surface area contributed by atoms with Crippen molar-refractivity contribution in [3.05, 3.63) is 16.1 Å². The lowest BCUT2D eigenvalue weighted by atomic mass is 10.4. The zero-order chi connectivity index (χ0) is 12.8. The molecule has 0 radical (unpaired) electrons. The molecule has 0 fully saturated rings. The molecule has 1 rings (SSSR count). The highest BCUT2D eigenvalue weighted by Gasteiger charge is 2.11. The smallest absolute Gasteiger partial charge is 0.294 e. The molecule has 7 nitrogen and oxygen atoms in total. The maximum atomic E-state index is 11.2. The van der Waals surface area contributed by atoms with Crippen LogP contribution in [0.2, 0.25) is 0 Å². The van der Waals surface area contributed by atoms with Crippen LogP contribution in [0.3, 0.4) is 0 Å². The van der Waals surface area contributed by atoms with Crippen LogP contribution in [0.5, 0.6) is 0 Å². The van der Waals surface area contributed by atoms with E-state index in [2.05, 4.69) is 10.3 Å². The second kappa shape index (κ2) is 6.28. The predicted molar refractivity (Wildman–Crippen MR) is 64.2 cm³/mol. The highest BCUT2D eigenvalue weighted by atomic mass is 32.1. The Morgan fingerprint density at radius 3 is 2.88 bits per heavy atom. The molecule has 0 aliphatic carbocycles. The Morgan fingerprint density at radius 2 is 2.29 bits per heavy atom. The summed E-state index contributed by atoms with van der Waals surface area (Å²) in [5, 5.41) is 4.62. The van der Waals surface area contributed by atoms with Gasteiger partial charge in [0, 0.05) is 19.0 Å². The monoisotopic (exact) mass is 257 g/mol. The average Bonchev–Trinajstić information content (AvgIpc) is 2.76. The second-order valence-electron chi connectivity index (χ2n) is 3.46. The van der Waals surface area contributed by atoms with Crippen molar-refractivity contribution in [1.82, 2.24) is 20.6 Å². The van der Waals surface area contributed by atoms with Crippen LogP contribution < -0.4 is 16.6 Å². The van der Waals surface area contributed by atoms with Crippen LogP contribution in [-0.4, -0.2) is 42.3 Å². The van der Waals surface area contributed by atoms with Gasteiger partial charge in [-0.2, -0.15) is 0 Å². The number of hydrazine groups is 1. The summed E-state index contributed by atoms with van der Waals surface area (Å²) in [6, 6.07) is 0. The van der Waals surface area contributed by atoms with Gasteiger partial charge < -0.3 is 5.32 Å². The standard InChI is InChI=1S/C9H15N5O2S/c1-11-7(15)4-14(2)3-6-5-17-9(12-6)8(16)13-10/h5H,3-4,10H2,1-2H3,(H,11,15)(H,13,16). The van der Waals surface area contributed by atoms with Crippen molar-refractivity contribution in [1.29, 1.82) is 0 Å². The van der Waals surface area contributed by atoms with Gasteiger partial charge in [-0.25, -0.2) is 10.8 Å². The fraction of sp³-hybridized carbons (Fsp3) is 0.444. The molecule has 1 aromatic rings. The number of nitrogen functional groups attached to an aromatic ring is 1. The Morgan fingerprint density at radius 1 is 1.59 bits per heavy atom. The summed E-state index contributed by atoms with van der Waals surface area (Å²) in [6.45, 7) is 0.786. The highest BCUT2D eigenvalue weighted by Crippen LogP contribution is 2.10. The van der Waals surface area contributed by atoms with Crippen molar-refractivity contribution in [2.45, 2.75) is 6.54 Å². The zero-order valence-corrected chi connectivity index (χ0v) is 10.5. The number of likely N-dealkylation sites (N-methyl/N-ethyl adjacent to an activating group) is 2. The zero-order valence-electron chi connectivity index (χ0n) is 9.69. The maximum absolute atomic E-state index is 11.2. The van der Waals surface area contributed by atoms with Crippen molar-refractivity contribution in [2.75, 3.05) is 20.6 Å². The molecule has 2 amide bonds. The summed E-state index contributed by atoms with van der Waals surface area (Å²) in [6.07, 6.45) is 0. The van der Waals surface area contributed by atoms with Gasteiger partial charge in [0.05, 0.1) is 12.2 Å². The molecule has 17 heavy (non-hydrogen) atoms. The molecule has 94 valence electrons. The van der Waals surface area contributed by atoms with Crippen molar-refractivity contribution in [2.24, 2.45) is 5.84 Å². The number of rotatable bonds is 5. The van der Waals surface area contributed by atoms with Gasteiger partial charge in [0.1, 0.15) is 0 Å². The minimum absolute atomic E-state index is 0.0670. The molecule has 4 N–H and O–H groups in total. The molecule has 0 unspecified atom stereocenters. The predicted octanol–water partition coefficient (Wildman–Crippen LogP) is -1.08. The molecular weight excluding hydrogens is 242 g/mol. The van der Waals surface area contributed by atoms with Gasteiger partial charge in [0.2, 0.25) is 5.91 Å². The highest BCUT2D eigenvalue weighted by molar-refractivity contribution is 7.11. The van der Waals surface area contributed by atoms with E-state index in [-0.39, 0.29) is 12.5 Å². The lowest BCUT2D eigenvalue weighted by Crippen LogP contribution is -2.33. The molecule has 1 heterocycles. The molecule has 0 aliphatic heterocycles. The van der Waals surface area contributed by atoms with E-state index < -0.39 is 5.91 Å². The van der Waals surface area contributed by atoms with Gasteiger partial charge >= 0.3 is 0 Å². The molecule has 0 saturated heterocycles. The Labute approximate surface area is 103 Å². The fourth-order valence-corrected chi connectivity index (χ4v) is 1.91. The van der Waals surface area contributed by atoms with E-state index in [9.17, 15) is 9.59 Å². The van der Waals surface area contributed by atoms with Gasteiger partial charge in [0.25, 0.3) is 5.91 Å². The summed E-state index contributed by atoms with van der Waals surface area (Å²) in [4.78, 5) is 28.2. The molecule has 1 aromatic heterocycles. The summed E-state index contributed by atoms with van der Waals surface area (Å²) >= 11 is 1.22. The van der Waals surface area contributed by atoms with E-state index in [4.69, 9.17) is 5.84 Å². The van der Waals surface area contributed by atoms with Gasteiger partial charge in [-0.15, -0.1) is 11.3 Å². The summed E-state index contributed by atoms with van der Waals surface area (Å²) < 4.78 is 0. The third kappa shape index (κ3) is 4.10. The Kier molecular flexibility index (Phi) is 5.01. The maximum Gasteiger partial charge on any atom is 0.294 e. The van der Waals surface area contributed by atoms with Crippen molar-refractivity contribution in [3.8, 4) is 0 Å². The van der Waals surface area contributed by atoms with Crippen molar-refractivity contribution < 1.29 is 9.59 Å². The number of carbonyl (C=O) groups is 2. The Hall–Kier alpha value is -1.51. The van der Waals surface area contributed by atoms with Crippen molar-refractivity contribution in [3.63, 3.8) is 0 Å². The molecule has 0 spiro atoms. The van der Waals surface area contributed by atoms with E-state index in [1.165, 1.54) is 11.3 Å². The lowest BCUT2D eigenvalue weighted by molar-refractivity contribution is -0.121. The van der Waals surface area contributed by atoms with Crippen LogP contribution in [0, 0.1) is 0 Å². The number of hydrogen-bond donors (Lipinski definition) is 3. The topological polar surface area (TPSA) is 100 Å². The second-order valence-corrected chi connectivity index (χ2v) is 4.32. The first-order valence-corrected chi connectivity index (χ1v) is 5.79. The minimum Gasteiger partial charge on any atom is -0.358 e. The number of nitrogens with two attached hydrogens (primary N) is 1. The number of nitrogens with one attached hydrogen (secondary N) is 2. The van der Waals surface area contributed by atoms with Crippen molar-refractivity contribution >= 4 is 23.2 Å². The van der Waals surface area contributed by atoms with Crippen LogP contribution >= 0.6 is 11.3 Å². The fourth-order valence-electron chi connectivity index (χ4n) is 1.20. The molecular formula is C9H15N5O2S. The lowest BCUT2D eigenvalue weighted by Gasteiger charge is -2.13. The molecule has 0 aromatic carbocycles. The summed E-state index contributed by atoms with van der Waals surface area (Å²) in [5.74, 6) is 4.53. The third-order valence-electron chi connectivity index (χ3n) is 2.00. The molecule has 0 saturated carbocycles. The first-order valence-electron chi connectivity index (χ1n) is 4.91. The molecule has 8 heteroatoms. The van der Waals surface area contributed by atoms with Crippen LogP contribution in [-0.2, 0) is 11.3 Å². The number of carbonyl (C=O) groups excluding carboxylic acids is 2. The third-order valence-corrected chi connectivity index (χ3v) is 2.89. The van der Waals surface area contributed by atoms with Crippen LogP contribution in [0.15, 0.2) is 5.38 Å². The molecule has 0 atom stereocenters. The first-order chi connectivity index (χ1) is 8.06. The quantitative estimate of drug-likeness (QED) is 0.354. The van der Waals surface area contributed by atoms with Gasteiger partial charge in [0.15, 0.2) is 5.01 Å². The minimum atomic E-state index is -0.407.